The Morgan fingerprint density at radius 3 is 2.63 bits per heavy atom. The standard InChI is InChI=1S/C13H15N5O/c1-2-5-16-12-4-3-10(6-17-12)13(19)18-11-7-14-9-15-8-11/h3-4,6-9H,2,5H2,1H3,(H,16,17)(H,18,19). The van der Waals surface area contributed by atoms with E-state index in [1.54, 1.807) is 12.1 Å². The van der Waals surface area contributed by atoms with Gasteiger partial charge in [-0.2, -0.15) is 0 Å². The Labute approximate surface area is 111 Å². The van der Waals surface area contributed by atoms with Crippen LogP contribution < -0.4 is 10.6 Å². The van der Waals surface area contributed by atoms with Crippen molar-refractivity contribution < 1.29 is 4.79 Å². The van der Waals surface area contributed by atoms with E-state index >= 15 is 0 Å². The molecular weight excluding hydrogens is 242 g/mol. The fourth-order valence-corrected chi connectivity index (χ4v) is 1.45. The van der Waals surface area contributed by atoms with E-state index in [0.717, 1.165) is 18.8 Å². The number of rotatable bonds is 5. The van der Waals surface area contributed by atoms with Gasteiger partial charge in [0.05, 0.1) is 23.6 Å². The van der Waals surface area contributed by atoms with Gasteiger partial charge in [0.2, 0.25) is 0 Å². The quantitative estimate of drug-likeness (QED) is 0.855. The number of anilines is 2. The molecule has 0 unspecified atom stereocenters. The summed E-state index contributed by atoms with van der Waals surface area (Å²) in [5.74, 6) is 0.533. The maximum absolute atomic E-state index is 11.9. The van der Waals surface area contributed by atoms with Crippen LogP contribution in [-0.2, 0) is 0 Å². The molecule has 6 nitrogen and oxygen atoms in total. The highest BCUT2D eigenvalue weighted by Crippen LogP contribution is 2.08. The average Bonchev–Trinajstić information content (AvgIpc) is 2.46. The second kappa shape index (κ2) is 6.44. The second-order valence-electron chi connectivity index (χ2n) is 3.94. The van der Waals surface area contributed by atoms with Crippen molar-refractivity contribution >= 4 is 17.4 Å². The average molecular weight is 257 g/mol. The molecule has 0 aliphatic carbocycles. The number of amides is 1. The summed E-state index contributed by atoms with van der Waals surface area (Å²) in [6, 6.07) is 3.51. The minimum Gasteiger partial charge on any atom is -0.370 e. The van der Waals surface area contributed by atoms with Gasteiger partial charge in [0.25, 0.3) is 5.91 Å². The number of hydrogen-bond acceptors (Lipinski definition) is 5. The maximum Gasteiger partial charge on any atom is 0.257 e. The van der Waals surface area contributed by atoms with Crippen LogP contribution in [0.25, 0.3) is 0 Å². The lowest BCUT2D eigenvalue weighted by Crippen LogP contribution is -2.13. The molecule has 2 rings (SSSR count). The molecule has 0 aromatic carbocycles. The van der Waals surface area contributed by atoms with Crippen LogP contribution in [0.4, 0.5) is 11.5 Å². The summed E-state index contributed by atoms with van der Waals surface area (Å²) in [5.41, 5.74) is 1.05. The third-order valence-corrected chi connectivity index (χ3v) is 2.40. The van der Waals surface area contributed by atoms with Crippen molar-refractivity contribution in [1.82, 2.24) is 15.0 Å². The summed E-state index contributed by atoms with van der Waals surface area (Å²) in [5, 5.41) is 5.84. The van der Waals surface area contributed by atoms with Gasteiger partial charge >= 0.3 is 0 Å². The zero-order valence-corrected chi connectivity index (χ0v) is 10.6. The molecule has 98 valence electrons. The SMILES string of the molecule is CCCNc1ccc(C(=O)Nc2cncnc2)cn1. The van der Waals surface area contributed by atoms with Gasteiger partial charge in [0.15, 0.2) is 0 Å². The molecule has 2 aromatic rings. The van der Waals surface area contributed by atoms with Crippen molar-refractivity contribution in [3.05, 3.63) is 42.6 Å². The zero-order chi connectivity index (χ0) is 13.5. The molecule has 0 bridgehead atoms. The Morgan fingerprint density at radius 2 is 2.00 bits per heavy atom. The van der Waals surface area contributed by atoms with Crippen LogP contribution in [0.2, 0.25) is 0 Å². The molecule has 2 aromatic heterocycles. The maximum atomic E-state index is 11.9. The summed E-state index contributed by atoms with van der Waals surface area (Å²) in [6.07, 6.45) is 7.05. The van der Waals surface area contributed by atoms with Crippen molar-refractivity contribution in [3.63, 3.8) is 0 Å². The van der Waals surface area contributed by atoms with Crippen molar-refractivity contribution in [2.75, 3.05) is 17.2 Å². The van der Waals surface area contributed by atoms with Crippen LogP contribution in [0.3, 0.4) is 0 Å². The van der Waals surface area contributed by atoms with Gasteiger partial charge in [0.1, 0.15) is 12.1 Å². The van der Waals surface area contributed by atoms with Gasteiger partial charge in [0, 0.05) is 12.7 Å². The minimum atomic E-state index is -0.232. The Balaban J connectivity index is 1.99. The fourth-order valence-electron chi connectivity index (χ4n) is 1.45. The Kier molecular flexibility index (Phi) is 4.39. The molecule has 0 spiro atoms. The highest BCUT2D eigenvalue weighted by atomic mass is 16.1. The normalized spacial score (nSPS) is 9.95. The molecule has 0 aliphatic heterocycles. The van der Waals surface area contributed by atoms with Crippen LogP contribution in [-0.4, -0.2) is 27.4 Å². The number of nitrogens with zero attached hydrogens (tertiary/aromatic N) is 3. The highest BCUT2D eigenvalue weighted by Gasteiger charge is 2.06. The van der Waals surface area contributed by atoms with Gasteiger partial charge in [-0.05, 0) is 18.6 Å². The van der Waals surface area contributed by atoms with Crippen molar-refractivity contribution in [2.24, 2.45) is 0 Å². The largest absolute Gasteiger partial charge is 0.370 e. The predicted molar refractivity (Wildman–Crippen MR) is 73.0 cm³/mol. The van der Waals surface area contributed by atoms with Crippen molar-refractivity contribution in [3.8, 4) is 0 Å². The molecule has 0 fully saturated rings. The summed E-state index contributed by atoms with van der Waals surface area (Å²) in [7, 11) is 0. The Hall–Kier alpha value is -2.50. The van der Waals surface area contributed by atoms with Gasteiger partial charge in [-0.15, -0.1) is 0 Å². The van der Waals surface area contributed by atoms with Crippen molar-refractivity contribution in [2.45, 2.75) is 13.3 Å². The predicted octanol–water partition coefficient (Wildman–Crippen LogP) is 1.95. The lowest BCUT2D eigenvalue weighted by atomic mass is 10.2. The van der Waals surface area contributed by atoms with E-state index in [2.05, 4.69) is 32.5 Å². The fraction of sp³-hybridized carbons (Fsp3) is 0.231. The number of aromatic nitrogens is 3. The van der Waals surface area contributed by atoms with Gasteiger partial charge in [-0.3, -0.25) is 4.79 Å². The Morgan fingerprint density at radius 1 is 1.21 bits per heavy atom. The molecule has 0 saturated carbocycles. The van der Waals surface area contributed by atoms with Gasteiger partial charge in [-0.1, -0.05) is 6.92 Å². The molecule has 6 heteroatoms. The van der Waals surface area contributed by atoms with E-state index < -0.39 is 0 Å². The molecule has 0 saturated heterocycles. The summed E-state index contributed by atoms with van der Waals surface area (Å²) in [4.78, 5) is 23.7. The number of carbonyl (C=O) groups is 1. The summed E-state index contributed by atoms with van der Waals surface area (Å²) >= 11 is 0. The zero-order valence-electron chi connectivity index (χ0n) is 10.6. The first-order valence-electron chi connectivity index (χ1n) is 6.06. The lowest BCUT2D eigenvalue weighted by Gasteiger charge is -2.06. The molecule has 0 radical (unpaired) electrons. The van der Waals surface area contributed by atoms with E-state index in [9.17, 15) is 4.79 Å². The number of pyridine rings is 1. The summed E-state index contributed by atoms with van der Waals surface area (Å²) < 4.78 is 0. The van der Waals surface area contributed by atoms with Crippen LogP contribution >= 0.6 is 0 Å². The molecule has 2 heterocycles. The minimum absolute atomic E-state index is 0.232. The Bertz CT molecular complexity index is 526. The third-order valence-electron chi connectivity index (χ3n) is 2.40. The monoisotopic (exact) mass is 257 g/mol. The van der Waals surface area contributed by atoms with E-state index in [4.69, 9.17) is 0 Å². The van der Waals surface area contributed by atoms with E-state index in [1.807, 2.05) is 0 Å². The summed E-state index contributed by atoms with van der Waals surface area (Å²) in [6.45, 7) is 2.94. The number of hydrogen-bond donors (Lipinski definition) is 2. The molecule has 19 heavy (non-hydrogen) atoms. The first kappa shape index (κ1) is 12.9. The smallest absolute Gasteiger partial charge is 0.257 e. The van der Waals surface area contributed by atoms with Gasteiger partial charge in [-0.25, -0.2) is 15.0 Å². The first-order chi connectivity index (χ1) is 9.29. The van der Waals surface area contributed by atoms with E-state index in [-0.39, 0.29) is 5.91 Å². The van der Waals surface area contributed by atoms with E-state index in [0.29, 0.717) is 11.3 Å². The topological polar surface area (TPSA) is 79.8 Å². The highest BCUT2D eigenvalue weighted by molar-refractivity contribution is 6.03. The molecule has 0 aliphatic rings. The first-order valence-corrected chi connectivity index (χ1v) is 6.06. The van der Waals surface area contributed by atoms with Crippen LogP contribution in [0.1, 0.15) is 23.7 Å². The molecule has 1 amide bonds. The molecule has 0 atom stereocenters. The molecular formula is C13H15N5O. The second-order valence-corrected chi connectivity index (χ2v) is 3.94. The van der Waals surface area contributed by atoms with Crippen molar-refractivity contribution in [1.29, 1.82) is 0 Å². The number of carbonyl (C=O) groups excluding carboxylic acids is 1. The van der Waals surface area contributed by atoms with Gasteiger partial charge < -0.3 is 10.6 Å². The number of nitrogens with one attached hydrogen (secondary N) is 2. The van der Waals surface area contributed by atoms with Crippen LogP contribution in [0, 0.1) is 0 Å². The van der Waals surface area contributed by atoms with Crippen LogP contribution in [0.15, 0.2) is 37.1 Å². The molecule has 2 N–H and O–H groups in total. The third kappa shape index (κ3) is 3.74. The van der Waals surface area contributed by atoms with Crippen LogP contribution in [0.5, 0.6) is 0 Å². The lowest BCUT2D eigenvalue weighted by molar-refractivity contribution is 0.102. The van der Waals surface area contributed by atoms with E-state index in [1.165, 1.54) is 24.9 Å².